The summed E-state index contributed by atoms with van der Waals surface area (Å²) in [4.78, 5) is 12.5. The molecule has 0 bridgehead atoms. The minimum atomic E-state index is -0.263. The Labute approximate surface area is 113 Å². The number of nitrogens with one attached hydrogen (secondary N) is 1. The van der Waals surface area contributed by atoms with Gasteiger partial charge in [-0.2, -0.15) is 11.3 Å². The quantitative estimate of drug-likeness (QED) is 0.852. The first-order chi connectivity index (χ1) is 8.74. The van der Waals surface area contributed by atoms with Crippen LogP contribution in [0, 0.1) is 5.82 Å². The fraction of sp³-hybridized carbons (Fsp3) is 0.154. The van der Waals surface area contributed by atoms with Crippen molar-refractivity contribution in [3.63, 3.8) is 0 Å². The topological polar surface area (TPSA) is 29.1 Å². The molecule has 1 aromatic heterocycles. The summed E-state index contributed by atoms with van der Waals surface area (Å²) in [5, 5.41) is 6.83. The predicted molar refractivity (Wildman–Crippen MR) is 73.3 cm³/mol. The monoisotopic (exact) mass is 281 g/mol. The number of benzene rings is 1. The zero-order valence-electron chi connectivity index (χ0n) is 9.56. The van der Waals surface area contributed by atoms with Gasteiger partial charge in [0.1, 0.15) is 5.82 Å². The van der Waals surface area contributed by atoms with Gasteiger partial charge in [-0.05, 0) is 46.7 Å². The third-order valence-electron chi connectivity index (χ3n) is 2.25. The summed E-state index contributed by atoms with van der Waals surface area (Å²) in [5.41, 5.74) is 1.11. The van der Waals surface area contributed by atoms with Crippen LogP contribution in [0.2, 0.25) is 0 Å². The molecule has 1 aromatic carbocycles. The van der Waals surface area contributed by atoms with Gasteiger partial charge in [0.15, 0.2) is 0 Å². The first-order valence-electron chi connectivity index (χ1n) is 5.40. The summed E-state index contributed by atoms with van der Waals surface area (Å²) in [6.45, 7) is 0.562. The number of amides is 1. The molecule has 0 aliphatic heterocycles. The molecule has 5 heteroatoms. The van der Waals surface area contributed by atoms with Gasteiger partial charge < -0.3 is 5.32 Å². The van der Waals surface area contributed by atoms with Crippen LogP contribution in [0.1, 0.15) is 5.56 Å². The van der Waals surface area contributed by atoms with E-state index in [0.717, 1.165) is 10.5 Å². The Morgan fingerprint density at radius 3 is 2.72 bits per heavy atom. The smallest absolute Gasteiger partial charge is 0.230 e. The summed E-state index contributed by atoms with van der Waals surface area (Å²) >= 11 is 3.01. The number of hydrogen-bond donors (Lipinski definition) is 1. The summed E-state index contributed by atoms with van der Waals surface area (Å²) in [6.07, 6.45) is 0. The highest BCUT2D eigenvalue weighted by atomic mass is 32.2. The maximum absolute atomic E-state index is 12.7. The molecule has 0 saturated carbocycles. The largest absolute Gasteiger partial charge is 0.351 e. The number of carbonyl (C=O) groups excluding carboxylic acids is 1. The Bertz CT molecular complexity index is 496. The number of rotatable bonds is 5. The maximum Gasteiger partial charge on any atom is 0.230 e. The number of thiophene rings is 1. The lowest BCUT2D eigenvalue weighted by molar-refractivity contribution is -0.118. The van der Waals surface area contributed by atoms with Crippen LogP contribution in [-0.4, -0.2) is 11.7 Å². The van der Waals surface area contributed by atoms with Crippen molar-refractivity contribution in [2.45, 2.75) is 11.4 Å². The lowest BCUT2D eigenvalue weighted by Gasteiger charge is -2.04. The average Bonchev–Trinajstić information content (AvgIpc) is 2.89. The molecule has 1 amide bonds. The molecular formula is C13H12FNOS2. The van der Waals surface area contributed by atoms with Gasteiger partial charge in [-0.3, -0.25) is 4.79 Å². The number of thioether (sulfide) groups is 1. The van der Waals surface area contributed by atoms with E-state index in [4.69, 9.17) is 0 Å². The SMILES string of the molecule is O=C(CSc1ccc(F)cc1)NCc1ccsc1. The lowest BCUT2D eigenvalue weighted by atomic mass is 10.3. The molecule has 2 rings (SSSR count). The molecule has 1 N–H and O–H groups in total. The van der Waals surface area contributed by atoms with Crippen LogP contribution in [0.15, 0.2) is 46.0 Å². The molecule has 0 unspecified atom stereocenters. The van der Waals surface area contributed by atoms with E-state index in [2.05, 4.69) is 5.32 Å². The molecule has 94 valence electrons. The number of hydrogen-bond acceptors (Lipinski definition) is 3. The molecular weight excluding hydrogens is 269 g/mol. The van der Waals surface area contributed by atoms with Gasteiger partial charge in [0.25, 0.3) is 0 Å². The van der Waals surface area contributed by atoms with E-state index in [1.54, 1.807) is 23.5 Å². The Kier molecular flexibility index (Phi) is 4.78. The van der Waals surface area contributed by atoms with Crippen LogP contribution in [-0.2, 0) is 11.3 Å². The van der Waals surface area contributed by atoms with Crippen LogP contribution >= 0.6 is 23.1 Å². The first-order valence-corrected chi connectivity index (χ1v) is 7.33. The zero-order valence-corrected chi connectivity index (χ0v) is 11.2. The molecule has 0 aliphatic carbocycles. The summed E-state index contributed by atoms with van der Waals surface area (Å²) < 4.78 is 12.7. The van der Waals surface area contributed by atoms with Gasteiger partial charge in [-0.1, -0.05) is 0 Å². The highest BCUT2D eigenvalue weighted by Gasteiger charge is 2.03. The standard InChI is InChI=1S/C13H12FNOS2/c14-11-1-3-12(4-2-11)18-9-13(16)15-7-10-5-6-17-8-10/h1-6,8H,7,9H2,(H,15,16). The van der Waals surface area contributed by atoms with E-state index in [1.807, 2.05) is 16.8 Å². The van der Waals surface area contributed by atoms with E-state index in [0.29, 0.717) is 12.3 Å². The fourth-order valence-corrected chi connectivity index (χ4v) is 2.72. The molecule has 0 saturated heterocycles. The molecule has 0 fully saturated rings. The third kappa shape index (κ3) is 4.16. The summed E-state index contributed by atoms with van der Waals surface area (Å²) in [7, 11) is 0. The van der Waals surface area contributed by atoms with Crippen LogP contribution in [0.3, 0.4) is 0 Å². The first kappa shape index (κ1) is 13.1. The van der Waals surface area contributed by atoms with E-state index in [-0.39, 0.29) is 11.7 Å². The van der Waals surface area contributed by atoms with Crippen molar-refractivity contribution in [2.75, 3.05) is 5.75 Å². The van der Waals surface area contributed by atoms with Crippen LogP contribution in [0.25, 0.3) is 0 Å². The number of halogens is 1. The molecule has 0 radical (unpaired) electrons. The molecule has 0 spiro atoms. The molecule has 18 heavy (non-hydrogen) atoms. The third-order valence-corrected chi connectivity index (χ3v) is 4.00. The highest BCUT2D eigenvalue weighted by Crippen LogP contribution is 2.17. The molecule has 2 nitrogen and oxygen atoms in total. The molecule has 0 atom stereocenters. The average molecular weight is 281 g/mol. The Morgan fingerprint density at radius 1 is 1.28 bits per heavy atom. The highest BCUT2D eigenvalue weighted by molar-refractivity contribution is 8.00. The second-order valence-electron chi connectivity index (χ2n) is 3.65. The second kappa shape index (κ2) is 6.56. The van der Waals surface area contributed by atoms with Gasteiger partial charge in [0.05, 0.1) is 5.75 Å². The predicted octanol–water partition coefficient (Wildman–Crippen LogP) is 3.30. The number of carbonyl (C=O) groups is 1. The van der Waals surface area contributed by atoms with E-state index >= 15 is 0 Å². The fourth-order valence-electron chi connectivity index (χ4n) is 1.32. The van der Waals surface area contributed by atoms with Crippen molar-refractivity contribution in [1.82, 2.24) is 5.32 Å². The van der Waals surface area contributed by atoms with Crippen LogP contribution in [0.5, 0.6) is 0 Å². The Balaban J connectivity index is 1.73. The van der Waals surface area contributed by atoms with Gasteiger partial charge in [-0.25, -0.2) is 4.39 Å². The Morgan fingerprint density at radius 2 is 2.06 bits per heavy atom. The molecule has 0 aliphatic rings. The maximum atomic E-state index is 12.7. The minimum Gasteiger partial charge on any atom is -0.351 e. The van der Waals surface area contributed by atoms with Crippen molar-refractivity contribution in [1.29, 1.82) is 0 Å². The normalized spacial score (nSPS) is 10.3. The van der Waals surface area contributed by atoms with Crippen molar-refractivity contribution in [2.24, 2.45) is 0 Å². The van der Waals surface area contributed by atoms with E-state index < -0.39 is 0 Å². The van der Waals surface area contributed by atoms with Gasteiger partial charge >= 0.3 is 0 Å². The van der Waals surface area contributed by atoms with E-state index in [1.165, 1.54) is 23.9 Å². The van der Waals surface area contributed by atoms with Gasteiger partial charge in [0.2, 0.25) is 5.91 Å². The minimum absolute atomic E-state index is 0.0180. The van der Waals surface area contributed by atoms with Crippen molar-refractivity contribution in [3.8, 4) is 0 Å². The van der Waals surface area contributed by atoms with Gasteiger partial charge in [-0.15, -0.1) is 11.8 Å². The lowest BCUT2D eigenvalue weighted by Crippen LogP contribution is -2.24. The van der Waals surface area contributed by atoms with Crippen molar-refractivity contribution < 1.29 is 9.18 Å². The summed E-state index contributed by atoms with van der Waals surface area (Å²) in [6, 6.07) is 8.12. The molecule has 2 aromatic rings. The zero-order chi connectivity index (χ0) is 12.8. The summed E-state index contributed by atoms with van der Waals surface area (Å²) in [5.74, 6) is 0.0623. The second-order valence-corrected chi connectivity index (χ2v) is 5.48. The van der Waals surface area contributed by atoms with Crippen molar-refractivity contribution >= 4 is 29.0 Å². The molecule has 1 heterocycles. The van der Waals surface area contributed by atoms with E-state index in [9.17, 15) is 9.18 Å². The van der Waals surface area contributed by atoms with Crippen LogP contribution in [0.4, 0.5) is 4.39 Å². The van der Waals surface area contributed by atoms with Crippen molar-refractivity contribution in [3.05, 3.63) is 52.5 Å². The van der Waals surface area contributed by atoms with Crippen LogP contribution < -0.4 is 5.32 Å². The van der Waals surface area contributed by atoms with Gasteiger partial charge in [0, 0.05) is 11.4 Å². The Hall–Kier alpha value is -1.33.